The molecule has 0 aliphatic rings. The largest absolute Gasteiger partial charge is 0.493 e. The molecule has 0 spiro atoms. The topological polar surface area (TPSA) is 55.8 Å². The van der Waals surface area contributed by atoms with Crippen molar-refractivity contribution in [1.82, 2.24) is 0 Å². The van der Waals surface area contributed by atoms with Crippen LogP contribution in [0.1, 0.15) is 10.4 Å². The Morgan fingerprint density at radius 2 is 2.19 bits per heavy atom. The Kier molecular flexibility index (Phi) is 4.19. The van der Waals surface area contributed by atoms with Crippen LogP contribution in [0.4, 0.5) is 0 Å². The zero-order chi connectivity index (χ0) is 12.1. The molecule has 1 rings (SSSR count). The lowest BCUT2D eigenvalue weighted by Gasteiger charge is -2.10. The Labute approximate surface area is 98.1 Å². The summed E-state index contributed by atoms with van der Waals surface area (Å²) in [6.07, 6.45) is 0. The minimum absolute atomic E-state index is 0.0982. The number of carboxylic acids is 1. The fraction of sp³-hybridized carbons (Fsp3) is 0.182. The first-order valence-corrected chi connectivity index (χ1v) is 4.79. The molecule has 0 saturated heterocycles. The van der Waals surface area contributed by atoms with Crippen LogP contribution in [0.25, 0.3) is 0 Å². The van der Waals surface area contributed by atoms with E-state index in [1.165, 1.54) is 25.3 Å². The maximum absolute atomic E-state index is 10.8. The predicted molar refractivity (Wildman–Crippen MR) is 60.4 cm³/mol. The first-order valence-electron chi connectivity index (χ1n) is 4.42. The van der Waals surface area contributed by atoms with Crippen LogP contribution in [-0.2, 0) is 0 Å². The first kappa shape index (κ1) is 12.4. The van der Waals surface area contributed by atoms with Gasteiger partial charge in [0.1, 0.15) is 6.61 Å². The number of hydrogen-bond acceptors (Lipinski definition) is 3. The van der Waals surface area contributed by atoms with E-state index < -0.39 is 5.97 Å². The van der Waals surface area contributed by atoms with Gasteiger partial charge in [-0.3, -0.25) is 0 Å². The van der Waals surface area contributed by atoms with Gasteiger partial charge in [0.15, 0.2) is 11.5 Å². The Bertz CT molecular complexity index is 414. The highest BCUT2D eigenvalue weighted by Crippen LogP contribution is 2.28. The molecule has 86 valence electrons. The van der Waals surface area contributed by atoms with Crippen LogP contribution in [0.2, 0.25) is 0 Å². The summed E-state index contributed by atoms with van der Waals surface area (Å²) in [7, 11) is 1.47. The van der Waals surface area contributed by atoms with Gasteiger partial charge in [0.2, 0.25) is 0 Å². The maximum Gasteiger partial charge on any atom is 0.335 e. The van der Waals surface area contributed by atoms with Crippen molar-refractivity contribution in [1.29, 1.82) is 0 Å². The van der Waals surface area contributed by atoms with Gasteiger partial charge in [0.25, 0.3) is 0 Å². The number of aromatic carboxylic acids is 1. The lowest BCUT2D eigenvalue weighted by molar-refractivity contribution is 0.0696. The summed E-state index contributed by atoms with van der Waals surface area (Å²) in [5.41, 5.74) is 0.121. The van der Waals surface area contributed by atoms with Crippen LogP contribution in [0.15, 0.2) is 29.8 Å². The molecule has 5 heteroatoms. The zero-order valence-corrected chi connectivity index (χ0v) is 9.45. The molecule has 0 fully saturated rings. The average molecular weight is 243 g/mol. The van der Waals surface area contributed by atoms with E-state index in [-0.39, 0.29) is 12.2 Å². The van der Waals surface area contributed by atoms with Crippen LogP contribution < -0.4 is 9.47 Å². The van der Waals surface area contributed by atoms with E-state index in [0.29, 0.717) is 16.5 Å². The molecule has 1 aromatic rings. The quantitative estimate of drug-likeness (QED) is 0.862. The maximum atomic E-state index is 10.8. The fourth-order valence-corrected chi connectivity index (χ4v) is 1.13. The van der Waals surface area contributed by atoms with Gasteiger partial charge < -0.3 is 14.6 Å². The Hall–Kier alpha value is -1.68. The first-order chi connectivity index (χ1) is 7.54. The van der Waals surface area contributed by atoms with Crippen molar-refractivity contribution in [2.75, 3.05) is 13.7 Å². The van der Waals surface area contributed by atoms with Gasteiger partial charge in [0, 0.05) is 5.03 Å². The Balaban J connectivity index is 2.97. The zero-order valence-electron chi connectivity index (χ0n) is 8.70. The molecule has 16 heavy (non-hydrogen) atoms. The number of rotatable bonds is 5. The third-order valence-electron chi connectivity index (χ3n) is 1.79. The molecule has 1 N–H and O–H groups in total. The van der Waals surface area contributed by atoms with Crippen LogP contribution >= 0.6 is 11.6 Å². The molecule has 0 amide bonds. The third-order valence-corrected chi connectivity index (χ3v) is 1.90. The second kappa shape index (κ2) is 5.42. The van der Waals surface area contributed by atoms with Gasteiger partial charge >= 0.3 is 5.97 Å². The monoisotopic (exact) mass is 242 g/mol. The molecular weight excluding hydrogens is 232 g/mol. The minimum Gasteiger partial charge on any atom is -0.493 e. The number of benzene rings is 1. The Morgan fingerprint density at radius 3 is 2.69 bits per heavy atom. The highest BCUT2D eigenvalue weighted by atomic mass is 35.5. The lowest BCUT2D eigenvalue weighted by Crippen LogP contribution is -2.02. The van der Waals surface area contributed by atoms with Gasteiger partial charge in [-0.1, -0.05) is 18.2 Å². The molecule has 0 aliphatic heterocycles. The summed E-state index contributed by atoms with van der Waals surface area (Å²) in [6.45, 7) is 3.56. The predicted octanol–water partition coefficient (Wildman–Crippen LogP) is 2.52. The van der Waals surface area contributed by atoms with Crippen molar-refractivity contribution < 1.29 is 19.4 Å². The van der Waals surface area contributed by atoms with Crippen LogP contribution in [-0.4, -0.2) is 24.8 Å². The molecule has 1 aromatic carbocycles. The second-order valence-corrected chi connectivity index (χ2v) is 3.51. The van der Waals surface area contributed by atoms with Gasteiger partial charge in [-0.25, -0.2) is 4.79 Å². The van der Waals surface area contributed by atoms with Gasteiger partial charge in [-0.05, 0) is 18.2 Å². The smallest absolute Gasteiger partial charge is 0.335 e. The van der Waals surface area contributed by atoms with Crippen molar-refractivity contribution in [3.63, 3.8) is 0 Å². The molecule has 0 aromatic heterocycles. The number of methoxy groups -OCH3 is 1. The van der Waals surface area contributed by atoms with Crippen molar-refractivity contribution in [2.24, 2.45) is 0 Å². The van der Waals surface area contributed by atoms with Crippen molar-refractivity contribution >= 4 is 17.6 Å². The molecular formula is C11H11ClO4. The molecule has 0 saturated carbocycles. The summed E-state index contributed by atoms with van der Waals surface area (Å²) in [6, 6.07) is 4.33. The number of ether oxygens (including phenoxy) is 2. The van der Waals surface area contributed by atoms with E-state index in [4.69, 9.17) is 26.2 Å². The van der Waals surface area contributed by atoms with E-state index in [1.807, 2.05) is 0 Å². The van der Waals surface area contributed by atoms with Crippen LogP contribution in [0.5, 0.6) is 11.5 Å². The van der Waals surface area contributed by atoms with Gasteiger partial charge in [-0.15, -0.1) is 0 Å². The van der Waals surface area contributed by atoms with Gasteiger partial charge in [0.05, 0.1) is 12.7 Å². The molecule has 0 atom stereocenters. The van der Waals surface area contributed by atoms with Crippen LogP contribution in [0, 0.1) is 0 Å². The van der Waals surface area contributed by atoms with Crippen molar-refractivity contribution in [3.8, 4) is 11.5 Å². The van der Waals surface area contributed by atoms with E-state index in [9.17, 15) is 4.79 Å². The molecule has 0 heterocycles. The second-order valence-electron chi connectivity index (χ2n) is 2.98. The van der Waals surface area contributed by atoms with E-state index >= 15 is 0 Å². The number of halogens is 1. The average Bonchev–Trinajstić information content (AvgIpc) is 2.25. The summed E-state index contributed by atoms with van der Waals surface area (Å²) < 4.78 is 10.3. The molecule has 0 bridgehead atoms. The third kappa shape index (κ3) is 3.17. The number of carboxylic acid groups (broad SMARTS) is 1. The van der Waals surface area contributed by atoms with E-state index in [2.05, 4.69) is 6.58 Å². The Morgan fingerprint density at radius 1 is 1.50 bits per heavy atom. The van der Waals surface area contributed by atoms with Crippen molar-refractivity contribution in [2.45, 2.75) is 0 Å². The summed E-state index contributed by atoms with van der Waals surface area (Å²) in [5, 5.41) is 9.13. The molecule has 4 nitrogen and oxygen atoms in total. The lowest BCUT2D eigenvalue weighted by atomic mass is 10.2. The summed E-state index contributed by atoms with van der Waals surface area (Å²) in [5.74, 6) is -0.260. The standard InChI is InChI=1S/C11H11ClO4/c1-7(12)6-16-10-5-8(11(13)14)3-4-9(10)15-2/h3-5H,1,6H2,2H3,(H,13,14). The molecule has 0 unspecified atom stereocenters. The molecule has 0 aliphatic carbocycles. The van der Waals surface area contributed by atoms with Crippen molar-refractivity contribution in [3.05, 3.63) is 35.4 Å². The SMILES string of the molecule is C=C(Cl)COc1cc(C(=O)O)ccc1OC. The number of hydrogen-bond donors (Lipinski definition) is 1. The summed E-state index contributed by atoms with van der Waals surface area (Å²) >= 11 is 5.55. The van der Waals surface area contributed by atoms with Crippen LogP contribution in [0.3, 0.4) is 0 Å². The highest BCUT2D eigenvalue weighted by Gasteiger charge is 2.10. The van der Waals surface area contributed by atoms with E-state index in [0.717, 1.165) is 0 Å². The van der Waals surface area contributed by atoms with E-state index in [1.54, 1.807) is 0 Å². The fourth-order valence-electron chi connectivity index (χ4n) is 1.08. The summed E-state index contributed by atoms with van der Waals surface area (Å²) in [4.78, 5) is 10.8. The van der Waals surface area contributed by atoms with Gasteiger partial charge in [-0.2, -0.15) is 0 Å². The normalized spacial score (nSPS) is 9.62. The minimum atomic E-state index is -1.03. The highest BCUT2D eigenvalue weighted by molar-refractivity contribution is 6.29. The molecule has 0 radical (unpaired) electrons. The number of carbonyl (C=O) groups is 1.